The number of nitrogens with one attached hydrogen (secondary N) is 2. The number of amides is 3. The summed E-state index contributed by atoms with van der Waals surface area (Å²) in [6.07, 6.45) is 0. The van der Waals surface area contributed by atoms with Crippen molar-refractivity contribution in [2.75, 3.05) is 0 Å². The number of hydrogen-bond donors (Lipinski definition) is 3. The number of rotatable bonds is 4. The van der Waals surface area contributed by atoms with Crippen molar-refractivity contribution in [1.82, 2.24) is 10.6 Å². The third kappa shape index (κ3) is 4.00. The summed E-state index contributed by atoms with van der Waals surface area (Å²) in [6, 6.07) is 8.40. The number of urea groups is 1. The van der Waals surface area contributed by atoms with E-state index >= 15 is 0 Å². The number of nitrogens with two attached hydrogens (primary N) is 1. The molecule has 0 saturated carbocycles. The molecule has 1 atom stereocenters. The standard InChI is InChI=1S/C11H15N3O2/c1-8(10(12)15)14-11(16)13-7-9-5-3-2-4-6-9/h2-6,8H,7H2,1H3,(H2,12,15)(H2,13,14,16)/t8-/m1/s1. The zero-order valence-electron chi connectivity index (χ0n) is 9.07. The first-order chi connectivity index (χ1) is 7.59. The van der Waals surface area contributed by atoms with Crippen LogP contribution >= 0.6 is 0 Å². The van der Waals surface area contributed by atoms with Gasteiger partial charge in [-0.1, -0.05) is 30.3 Å². The van der Waals surface area contributed by atoms with E-state index in [4.69, 9.17) is 5.73 Å². The molecule has 1 aromatic carbocycles. The molecule has 0 aliphatic carbocycles. The fourth-order valence-corrected chi connectivity index (χ4v) is 1.10. The van der Waals surface area contributed by atoms with Crippen molar-refractivity contribution >= 4 is 11.9 Å². The number of hydrogen-bond acceptors (Lipinski definition) is 2. The van der Waals surface area contributed by atoms with E-state index in [9.17, 15) is 9.59 Å². The Balaban J connectivity index is 2.33. The summed E-state index contributed by atoms with van der Waals surface area (Å²) in [5, 5.41) is 5.05. The lowest BCUT2D eigenvalue weighted by Gasteiger charge is -2.11. The average molecular weight is 221 g/mol. The third-order valence-electron chi connectivity index (χ3n) is 2.07. The second kappa shape index (κ2) is 5.75. The van der Waals surface area contributed by atoms with Gasteiger partial charge in [0.15, 0.2) is 0 Å². The number of benzene rings is 1. The van der Waals surface area contributed by atoms with Crippen molar-refractivity contribution in [3.63, 3.8) is 0 Å². The van der Waals surface area contributed by atoms with Crippen LogP contribution in [0, 0.1) is 0 Å². The van der Waals surface area contributed by atoms with Gasteiger partial charge in [-0.05, 0) is 12.5 Å². The van der Waals surface area contributed by atoms with Crippen molar-refractivity contribution in [3.05, 3.63) is 35.9 Å². The largest absolute Gasteiger partial charge is 0.368 e. The van der Waals surface area contributed by atoms with Crippen LogP contribution in [-0.2, 0) is 11.3 Å². The van der Waals surface area contributed by atoms with Gasteiger partial charge in [0.1, 0.15) is 6.04 Å². The first-order valence-corrected chi connectivity index (χ1v) is 4.97. The highest BCUT2D eigenvalue weighted by Crippen LogP contribution is 1.96. The lowest BCUT2D eigenvalue weighted by atomic mass is 10.2. The molecular weight excluding hydrogens is 206 g/mol. The van der Waals surface area contributed by atoms with Crippen LogP contribution in [0.3, 0.4) is 0 Å². The summed E-state index contributed by atoms with van der Waals surface area (Å²) in [4.78, 5) is 22.0. The van der Waals surface area contributed by atoms with Gasteiger partial charge in [-0.3, -0.25) is 4.79 Å². The summed E-state index contributed by atoms with van der Waals surface area (Å²) in [6.45, 7) is 1.95. The maximum absolute atomic E-state index is 11.3. The summed E-state index contributed by atoms with van der Waals surface area (Å²) in [5.74, 6) is -0.560. The van der Waals surface area contributed by atoms with Crippen LogP contribution in [-0.4, -0.2) is 18.0 Å². The number of primary amides is 1. The van der Waals surface area contributed by atoms with Gasteiger partial charge in [-0.25, -0.2) is 4.79 Å². The highest BCUT2D eigenvalue weighted by atomic mass is 16.2. The van der Waals surface area contributed by atoms with Crippen LogP contribution < -0.4 is 16.4 Å². The van der Waals surface area contributed by atoms with Gasteiger partial charge < -0.3 is 16.4 Å². The maximum atomic E-state index is 11.3. The first-order valence-electron chi connectivity index (χ1n) is 4.97. The van der Waals surface area contributed by atoms with Crippen molar-refractivity contribution < 1.29 is 9.59 Å². The van der Waals surface area contributed by atoms with E-state index in [1.54, 1.807) is 0 Å². The van der Waals surface area contributed by atoms with Crippen molar-refractivity contribution in [2.24, 2.45) is 5.73 Å². The molecule has 5 heteroatoms. The molecule has 0 aliphatic rings. The molecule has 86 valence electrons. The monoisotopic (exact) mass is 221 g/mol. The van der Waals surface area contributed by atoms with E-state index in [1.165, 1.54) is 6.92 Å². The molecule has 0 bridgehead atoms. The molecule has 3 amide bonds. The minimum absolute atomic E-state index is 0.407. The molecule has 0 heterocycles. The number of carbonyl (C=O) groups is 2. The molecule has 4 N–H and O–H groups in total. The van der Waals surface area contributed by atoms with Crippen molar-refractivity contribution in [1.29, 1.82) is 0 Å². The zero-order valence-corrected chi connectivity index (χ0v) is 9.07. The molecule has 1 rings (SSSR count). The van der Waals surface area contributed by atoms with Gasteiger partial charge in [0.2, 0.25) is 5.91 Å². The average Bonchev–Trinajstić information content (AvgIpc) is 2.27. The Labute approximate surface area is 94.0 Å². The molecule has 0 radical (unpaired) electrons. The van der Waals surface area contributed by atoms with Crippen LogP contribution in [0.4, 0.5) is 4.79 Å². The number of carbonyl (C=O) groups excluding carboxylic acids is 2. The Morgan fingerprint density at radius 3 is 2.50 bits per heavy atom. The van der Waals surface area contributed by atoms with Gasteiger partial charge in [-0.2, -0.15) is 0 Å². The van der Waals surface area contributed by atoms with Crippen LogP contribution in [0.5, 0.6) is 0 Å². The molecule has 0 unspecified atom stereocenters. The van der Waals surface area contributed by atoms with Gasteiger partial charge in [0.25, 0.3) is 0 Å². The van der Waals surface area contributed by atoms with E-state index in [2.05, 4.69) is 10.6 Å². The van der Waals surface area contributed by atoms with E-state index in [0.29, 0.717) is 6.54 Å². The molecule has 0 aliphatic heterocycles. The second-order valence-electron chi connectivity index (χ2n) is 3.44. The highest BCUT2D eigenvalue weighted by Gasteiger charge is 2.10. The van der Waals surface area contributed by atoms with Gasteiger partial charge in [0.05, 0.1) is 0 Å². The minimum Gasteiger partial charge on any atom is -0.368 e. The summed E-state index contributed by atoms with van der Waals surface area (Å²) in [5.41, 5.74) is 6.00. The lowest BCUT2D eigenvalue weighted by molar-refractivity contribution is -0.119. The summed E-state index contributed by atoms with van der Waals surface area (Å²) in [7, 11) is 0. The molecule has 0 saturated heterocycles. The fraction of sp³-hybridized carbons (Fsp3) is 0.273. The Kier molecular flexibility index (Phi) is 4.32. The fourth-order valence-electron chi connectivity index (χ4n) is 1.10. The minimum atomic E-state index is -0.671. The van der Waals surface area contributed by atoms with Gasteiger partial charge >= 0.3 is 6.03 Å². The van der Waals surface area contributed by atoms with E-state index in [-0.39, 0.29) is 0 Å². The molecule has 0 fully saturated rings. The van der Waals surface area contributed by atoms with Gasteiger partial charge in [-0.15, -0.1) is 0 Å². The molecule has 5 nitrogen and oxygen atoms in total. The van der Waals surface area contributed by atoms with E-state index in [0.717, 1.165) is 5.56 Å². The third-order valence-corrected chi connectivity index (χ3v) is 2.07. The van der Waals surface area contributed by atoms with Crippen molar-refractivity contribution in [2.45, 2.75) is 19.5 Å². The Morgan fingerprint density at radius 1 is 1.31 bits per heavy atom. The molecule has 0 spiro atoms. The Bertz CT molecular complexity index is 365. The van der Waals surface area contributed by atoms with Crippen molar-refractivity contribution in [3.8, 4) is 0 Å². The van der Waals surface area contributed by atoms with Crippen LogP contribution in [0.2, 0.25) is 0 Å². The summed E-state index contributed by atoms with van der Waals surface area (Å²) >= 11 is 0. The molecule has 16 heavy (non-hydrogen) atoms. The smallest absolute Gasteiger partial charge is 0.315 e. The highest BCUT2D eigenvalue weighted by molar-refractivity contribution is 5.85. The van der Waals surface area contributed by atoms with Crippen LogP contribution in [0.1, 0.15) is 12.5 Å². The molecule has 1 aromatic rings. The molecular formula is C11H15N3O2. The quantitative estimate of drug-likeness (QED) is 0.685. The Hall–Kier alpha value is -2.04. The summed E-state index contributed by atoms with van der Waals surface area (Å²) < 4.78 is 0. The van der Waals surface area contributed by atoms with E-state index in [1.807, 2.05) is 30.3 Å². The predicted octanol–water partition coefficient (Wildman–Crippen LogP) is 0.360. The topological polar surface area (TPSA) is 84.2 Å². The second-order valence-corrected chi connectivity index (χ2v) is 3.44. The van der Waals surface area contributed by atoms with Gasteiger partial charge in [0, 0.05) is 6.54 Å². The van der Waals surface area contributed by atoms with Crippen LogP contribution in [0.25, 0.3) is 0 Å². The van der Waals surface area contributed by atoms with E-state index < -0.39 is 18.0 Å². The lowest BCUT2D eigenvalue weighted by Crippen LogP contribution is -2.46. The Morgan fingerprint density at radius 2 is 1.94 bits per heavy atom. The first kappa shape index (κ1) is 12.0. The van der Waals surface area contributed by atoms with Crippen LogP contribution in [0.15, 0.2) is 30.3 Å². The zero-order chi connectivity index (χ0) is 12.0. The molecule has 0 aromatic heterocycles. The normalized spacial score (nSPS) is 11.6. The SMILES string of the molecule is C[C@@H](NC(=O)NCc1ccccc1)C(N)=O. The predicted molar refractivity (Wildman–Crippen MR) is 60.5 cm³/mol. The maximum Gasteiger partial charge on any atom is 0.315 e.